The van der Waals surface area contributed by atoms with E-state index in [1.807, 2.05) is 24.5 Å². The van der Waals surface area contributed by atoms with Crippen LogP contribution in [-0.2, 0) is 6.42 Å². The van der Waals surface area contributed by atoms with Crippen LogP contribution < -0.4 is 5.32 Å². The summed E-state index contributed by atoms with van der Waals surface area (Å²) in [4.78, 5) is 8.03. The van der Waals surface area contributed by atoms with Crippen molar-refractivity contribution in [3.63, 3.8) is 0 Å². The Hall–Kier alpha value is -3.52. The fourth-order valence-electron chi connectivity index (χ4n) is 5.02. The minimum atomic E-state index is 0.316. The van der Waals surface area contributed by atoms with Crippen molar-refractivity contribution in [2.75, 3.05) is 13.1 Å². The van der Waals surface area contributed by atoms with Gasteiger partial charge in [0, 0.05) is 40.0 Å². The molecule has 0 radical (unpaired) electrons. The topological polar surface area (TPSA) is 108 Å². The van der Waals surface area contributed by atoms with Crippen molar-refractivity contribution >= 4 is 21.9 Å². The molecule has 1 unspecified atom stereocenters. The van der Waals surface area contributed by atoms with Gasteiger partial charge in [-0.1, -0.05) is 13.8 Å². The lowest BCUT2D eigenvalue weighted by Gasteiger charge is -2.20. The first-order valence-electron chi connectivity index (χ1n) is 11.6. The highest BCUT2D eigenvalue weighted by Gasteiger charge is 2.21. The first-order valence-corrected chi connectivity index (χ1v) is 11.6. The van der Waals surface area contributed by atoms with Gasteiger partial charge in [0.1, 0.15) is 0 Å². The molecule has 4 aromatic heterocycles. The van der Waals surface area contributed by atoms with Crippen molar-refractivity contribution in [3.05, 3.63) is 48.1 Å². The number of rotatable bonds is 5. The van der Waals surface area contributed by atoms with E-state index in [0.717, 1.165) is 58.8 Å². The molecule has 0 bridgehead atoms. The second kappa shape index (κ2) is 8.12. The van der Waals surface area contributed by atoms with Crippen molar-refractivity contribution in [2.24, 2.45) is 5.92 Å². The Labute approximate surface area is 191 Å². The van der Waals surface area contributed by atoms with Crippen LogP contribution in [0, 0.1) is 5.92 Å². The minimum absolute atomic E-state index is 0.316. The number of aromatic amines is 2. The molecule has 8 nitrogen and oxygen atoms in total. The Morgan fingerprint density at radius 2 is 2.09 bits per heavy atom. The Kier molecular flexibility index (Phi) is 4.95. The van der Waals surface area contributed by atoms with Gasteiger partial charge in [-0.3, -0.25) is 5.10 Å². The normalized spacial score (nSPS) is 16.9. The molecule has 33 heavy (non-hydrogen) atoms. The van der Waals surface area contributed by atoms with E-state index in [1.165, 1.54) is 23.8 Å². The lowest BCUT2D eigenvalue weighted by atomic mass is 9.95. The second-order valence-corrected chi connectivity index (χ2v) is 9.24. The summed E-state index contributed by atoms with van der Waals surface area (Å²) in [6.07, 6.45) is 6.90. The molecule has 1 saturated heterocycles. The van der Waals surface area contributed by atoms with Gasteiger partial charge in [-0.25, -0.2) is 4.98 Å². The number of hydrogen-bond donors (Lipinski definition) is 3. The van der Waals surface area contributed by atoms with E-state index in [9.17, 15) is 0 Å². The van der Waals surface area contributed by atoms with Crippen LogP contribution in [-0.4, -0.2) is 43.5 Å². The summed E-state index contributed by atoms with van der Waals surface area (Å²) in [5.41, 5.74) is 6.26. The fraction of sp³-hybridized carbons (Fsp3) is 0.360. The van der Waals surface area contributed by atoms with Crippen molar-refractivity contribution < 1.29 is 4.42 Å². The smallest absolute Gasteiger partial charge is 0.247 e. The third-order valence-electron chi connectivity index (χ3n) is 6.62. The molecule has 1 aliphatic rings. The van der Waals surface area contributed by atoms with Crippen molar-refractivity contribution in [2.45, 2.75) is 39.0 Å². The van der Waals surface area contributed by atoms with Gasteiger partial charge >= 0.3 is 0 Å². The van der Waals surface area contributed by atoms with Crippen molar-refractivity contribution in [1.29, 1.82) is 0 Å². The summed E-state index contributed by atoms with van der Waals surface area (Å²) < 4.78 is 6.08. The number of nitrogens with zero attached hydrogens (tertiary/aromatic N) is 4. The van der Waals surface area contributed by atoms with Crippen LogP contribution >= 0.6 is 0 Å². The number of benzene rings is 1. The van der Waals surface area contributed by atoms with E-state index in [4.69, 9.17) is 4.42 Å². The van der Waals surface area contributed by atoms with Crippen molar-refractivity contribution in [1.82, 2.24) is 35.7 Å². The lowest BCUT2D eigenvalue weighted by Crippen LogP contribution is -2.30. The average molecular weight is 442 g/mol. The standard InChI is InChI=1S/C25H27N7O/c1-14(2)22-18-11-16(25-32-30-21(33-25)10-15-4-3-8-26-12-15)5-6-20(18)29-23(22)17-7-9-27-24-19(17)13-28-31-24/h5-7,9,11,13-15,26,29H,3-4,8,10,12H2,1-2H3,(H,27,28,31). The van der Waals surface area contributed by atoms with Crippen LogP contribution in [0.3, 0.4) is 0 Å². The van der Waals surface area contributed by atoms with Gasteiger partial charge < -0.3 is 14.7 Å². The SMILES string of the molecule is CC(C)c1c(-c2ccnc3[nH]ncc23)[nH]c2ccc(-c3nnc(CC4CCCNC4)o3)cc12. The van der Waals surface area contributed by atoms with E-state index < -0.39 is 0 Å². The number of aromatic nitrogens is 6. The summed E-state index contributed by atoms with van der Waals surface area (Å²) in [7, 11) is 0. The Morgan fingerprint density at radius 3 is 2.94 bits per heavy atom. The summed E-state index contributed by atoms with van der Waals surface area (Å²) in [6, 6.07) is 8.35. The number of hydrogen-bond acceptors (Lipinski definition) is 6. The zero-order valence-electron chi connectivity index (χ0n) is 18.9. The minimum Gasteiger partial charge on any atom is -0.421 e. The highest BCUT2D eigenvalue weighted by atomic mass is 16.4. The average Bonchev–Trinajstić information content (AvgIpc) is 3.57. The third kappa shape index (κ3) is 3.60. The largest absolute Gasteiger partial charge is 0.421 e. The van der Waals surface area contributed by atoms with Gasteiger partial charge in [-0.2, -0.15) is 5.10 Å². The molecule has 0 spiro atoms. The molecule has 1 fully saturated rings. The van der Waals surface area contributed by atoms with E-state index >= 15 is 0 Å². The Morgan fingerprint density at radius 1 is 1.15 bits per heavy atom. The highest BCUT2D eigenvalue weighted by molar-refractivity contribution is 5.99. The molecule has 168 valence electrons. The molecule has 1 aromatic carbocycles. The quantitative estimate of drug-likeness (QED) is 0.361. The fourth-order valence-corrected chi connectivity index (χ4v) is 5.02. The molecule has 8 heteroatoms. The van der Waals surface area contributed by atoms with Gasteiger partial charge in [-0.15, -0.1) is 10.2 Å². The first-order chi connectivity index (χ1) is 16.2. The second-order valence-electron chi connectivity index (χ2n) is 9.24. The summed E-state index contributed by atoms with van der Waals surface area (Å²) in [5.74, 6) is 2.18. The van der Waals surface area contributed by atoms with E-state index in [-0.39, 0.29) is 0 Å². The summed E-state index contributed by atoms with van der Waals surface area (Å²) in [5, 5.41) is 21.5. The van der Waals surface area contributed by atoms with Gasteiger partial charge in [-0.05, 0) is 67.6 Å². The number of fused-ring (bicyclic) bond motifs is 2. The van der Waals surface area contributed by atoms with E-state index in [2.05, 4.69) is 61.7 Å². The Balaban J connectivity index is 1.40. The number of piperidine rings is 1. The van der Waals surface area contributed by atoms with E-state index in [0.29, 0.717) is 17.7 Å². The molecule has 6 rings (SSSR count). The first kappa shape index (κ1) is 20.1. The molecule has 0 saturated carbocycles. The zero-order valence-corrected chi connectivity index (χ0v) is 18.9. The lowest BCUT2D eigenvalue weighted by molar-refractivity contribution is 0.347. The van der Waals surface area contributed by atoms with Crippen LogP contribution in [0.1, 0.15) is 44.1 Å². The molecule has 1 aliphatic heterocycles. The molecular formula is C25H27N7O. The van der Waals surface area contributed by atoms with Crippen LogP contribution in [0.4, 0.5) is 0 Å². The summed E-state index contributed by atoms with van der Waals surface area (Å²) in [6.45, 7) is 6.56. The highest BCUT2D eigenvalue weighted by Crippen LogP contribution is 2.39. The maximum absolute atomic E-state index is 6.08. The maximum atomic E-state index is 6.08. The van der Waals surface area contributed by atoms with E-state index in [1.54, 1.807) is 0 Å². The summed E-state index contributed by atoms with van der Waals surface area (Å²) >= 11 is 0. The third-order valence-corrected chi connectivity index (χ3v) is 6.62. The number of H-pyrrole nitrogens is 2. The van der Waals surface area contributed by atoms with Crippen LogP contribution in [0.2, 0.25) is 0 Å². The van der Waals surface area contributed by atoms with Crippen LogP contribution in [0.15, 0.2) is 41.1 Å². The molecule has 1 atom stereocenters. The predicted octanol–water partition coefficient (Wildman–Crippen LogP) is 4.82. The van der Waals surface area contributed by atoms with Crippen molar-refractivity contribution in [3.8, 4) is 22.7 Å². The van der Waals surface area contributed by atoms with Crippen LogP contribution in [0.25, 0.3) is 44.6 Å². The van der Waals surface area contributed by atoms with Gasteiger partial charge in [0.15, 0.2) is 5.65 Å². The predicted molar refractivity (Wildman–Crippen MR) is 128 cm³/mol. The zero-order chi connectivity index (χ0) is 22.4. The van der Waals surface area contributed by atoms with Gasteiger partial charge in [0.05, 0.1) is 11.9 Å². The van der Waals surface area contributed by atoms with Gasteiger partial charge in [0.2, 0.25) is 11.8 Å². The molecular weight excluding hydrogens is 414 g/mol. The molecule has 5 aromatic rings. The van der Waals surface area contributed by atoms with Crippen LogP contribution in [0.5, 0.6) is 0 Å². The molecule has 3 N–H and O–H groups in total. The molecule has 5 heterocycles. The Bertz CT molecular complexity index is 1420. The maximum Gasteiger partial charge on any atom is 0.247 e. The molecule has 0 aliphatic carbocycles. The monoisotopic (exact) mass is 441 g/mol. The molecule has 0 amide bonds. The number of nitrogens with one attached hydrogen (secondary N) is 3. The number of pyridine rings is 1. The van der Waals surface area contributed by atoms with Gasteiger partial charge in [0.25, 0.3) is 0 Å².